The first-order chi connectivity index (χ1) is 7.79. The number of hydrogen-bond acceptors (Lipinski definition) is 3. The molecule has 1 heterocycles. The standard InChI is InChI=1S/C12H15N3O/c1-2-5-10(16)8-9-15-13-11-6-3-4-7-12(11)14-15/h3-4,6-7H,2,5,8-9H2,1H3. The molecule has 84 valence electrons. The number of carbonyl (C=O) groups excluding carboxylic acids is 1. The van der Waals surface area contributed by atoms with Crippen molar-refractivity contribution < 1.29 is 4.79 Å². The van der Waals surface area contributed by atoms with E-state index in [4.69, 9.17) is 0 Å². The van der Waals surface area contributed by atoms with Crippen molar-refractivity contribution in [2.45, 2.75) is 32.7 Å². The van der Waals surface area contributed by atoms with Crippen molar-refractivity contribution >= 4 is 16.8 Å². The van der Waals surface area contributed by atoms with Crippen LogP contribution < -0.4 is 0 Å². The van der Waals surface area contributed by atoms with Crippen LogP contribution in [0.1, 0.15) is 26.2 Å². The minimum Gasteiger partial charge on any atom is -0.300 e. The summed E-state index contributed by atoms with van der Waals surface area (Å²) in [6, 6.07) is 7.71. The first-order valence-corrected chi connectivity index (χ1v) is 5.61. The zero-order valence-corrected chi connectivity index (χ0v) is 9.39. The molecule has 2 rings (SSSR count). The summed E-state index contributed by atoms with van der Waals surface area (Å²) in [6.07, 6.45) is 2.09. The number of hydrogen-bond donors (Lipinski definition) is 0. The predicted molar refractivity (Wildman–Crippen MR) is 62.1 cm³/mol. The fraction of sp³-hybridized carbons (Fsp3) is 0.417. The van der Waals surface area contributed by atoms with Gasteiger partial charge in [0.15, 0.2) is 0 Å². The summed E-state index contributed by atoms with van der Waals surface area (Å²) in [7, 11) is 0. The molecule has 1 aromatic carbocycles. The fourth-order valence-electron chi connectivity index (χ4n) is 1.63. The molecule has 0 amide bonds. The second kappa shape index (κ2) is 4.88. The van der Waals surface area contributed by atoms with Crippen LogP contribution in [0, 0.1) is 0 Å². The number of Topliss-reactive ketones (excluding diaryl/α,β-unsaturated/α-hetero) is 1. The molecule has 0 bridgehead atoms. The van der Waals surface area contributed by atoms with Crippen LogP contribution in [0.5, 0.6) is 0 Å². The molecule has 0 fully saturated rings. The lowest BCUT2D eigenvalue weighted by atomic mass is 10.2. The summed E-state index contributed by atoms with van der Waals surface area (Å²) < 4.78 is 0. The van der Waals surface area contributed by atoms with E-state index >= 15 is 0 Å². The highest BCUT2D eigenvalue weighted by Gasteiger charge is 2.04. The van der Waals surface area contributed by atoms with Crippen LogP contribution in [0.3, 0.4) is 0 Å². The quantitative estimate of drug-likeness (QED) is 0.771. The Morgan fingerprint density at radius 3 is 2.38 bits per heavy atom. The molecular formula is C12H15N3O. The molecule has 0 aliphatic rings. The Hall–Kier alpha value is -1.71. The Kier molecular flexibility index (Phi) is 3.29. The number of carbonyl (C=O) groups is 1. The first-order valence-electron chi connectivity index (χ1n) is 5.61. The molecule has 0 radical (unpaired) electrons. The fourth-order valence-corrected chi connectivity index (χ4v) is 1.63. The van der Waals surface area contributed by atoms with Crippen LogP contribution in [0.4, 0.5) is 0 Å². The number of aromatic nitrogens is 3. The number of rotatable bonds is 5. The monoisotopic (exact) mass is 217 g/mol. The van der Waals surface area contributed by atoms with E-state index in [-0.39, 0.29) is 5.78 Å². The van der Waals surface area contributed by atoms with Gasteiger partial charge in [-0.15, -0.1) is 0 Å². The molecule has 4 nitrogen and oxygen atoms in total. The highest BCUT2D eigenvalue weighted by Crippen LogP contribution is 2.07. The van der Waals surface area contributed by atoms with Gasteiger partial charge in [0.1, 0.15) is 16.8 Å². The number of nitrogens with zero attached hydrogens (tertiary/aromatic N) is 3. The zero-order valence-electron chi connectivity index (χ0n) is 9.39. The van der Waals surface area contributed by atoms with Crippen molar-refractivity contribution in [2.24, 2.45) is 0 Å². The van der Waals surface area contributed by atoms with Crippen molar-refractivity contribution in [1.29, 1.82) is 0 Å². The normalized spacial score (nSPS) is 10.8. The van der Waals surface area contributed by atoms with E-state index in [1.54, 1.807) is 4.80 Å². The molecule has 0 atom stereocenters. The van der Waals surface area contributed by atoms with Crippen molar-refractivity contribution in [3.05, 3.63) is 24.3 Å². The lowest BCUT2D eigenvalue weighted by molar-refractivity contribution is -0.119. The first kappa shape index (κ1) is 10.8. The van der Waals surface area contributed by atoms with Gasteiger partial charge >= 0.3 is 0 Å². The highest BCUT2D eigenvalue weighted by atomic mass is 16.1. The van der Waals surface area contributed by atoms with Gasteiger partial charge in [-0.25, -0.2) is 0 Å². The van der Waals surface area contributed by atoms with Crippen LogP contribution in [0.25, 0.3) is 11.0 Å². The maximum Gasteiger partial charge on any atom is 0.134 e. The molecule has 4 heteroatoms. The Balaban J connectivity index is 2.02. The predicted octanol–water partition coefficient (Wildman–Crippen LogP) is 2.19. The third-order valence-electron chi connectivity index (χ3n) is 2.45. The van der Waals surface area contributed by atoms with E-state index in [0.717, 1.165) is 17.5 Å². The molecule has 0 N–H and O–H groups in total. The molecule has 0 spiro atoms. The van der Waals surface area contributed by atoms with Crippen LogP contribution in [-0.4, -0.2) is 20.8 Å². The second-order valence-electron chi connectivity index (χ2n) is 3.82. The summed E-state index contributed by atoms with van der Waals surface area (Å²) in [5.41, 5.74) is 1.76. The van der Waals surface area contributed by atoms with Gasteiger partial charge in [-0.2, -0.15) is 15.0 Å². The van der Waals surface area contributed by atoms with Crippen molar-refractivity contribution in [1.82, 2.24) is 15.0 Å². The molecule has 0 saturated heterocycles. The number of fused-ring (bicyclic) bond motifs is 1. The molecule has 0 aliphatic heterocycles. The summed E-state index contributed by atoms with van der Waals surface area (Å²) in [5.74, 6) is 0.281. The zero-order chi connectivity index (χ0) is 11.4. The maximum absolute atomic E-state index is 11.4. The molecule has 0 aliphatic carbocycles. The molecule has 0 saturated carbocycles. The summed E-state index contributed by atoms with van der Waals surface area (Å²) in [6.45, 7) is 2.59. The smallest absolute Gasteiger partial charge is 0.134 e. The number of ketones is 1. The van der Waals surface area contributed by atoms with Gasteiger partial charge in [-0.1, -0.05) is 19.1 Å². The third kappa shape index (κ3) is 2.45. The van der Waals surface area contributed by atoms with Gasteiger partial charge in [-0.3, -0.25) is 4.79 Å². The van der Waals surface area contributed by atoms with Crippen LogP contribution in [0.2, 0.25) is 0 Å². The minimum absolute atomic E-state index is 0.281. The SMILES string of the molecule is CCCC(=O)CCn1nc2ccccc2n1. The summed E-state index contributed by atoms with van der Waals surface area (Å²) >= 11 is 0. The maximum atomic E-state index is 11.4. The highest BCUT2D eigenvalue weighted by molar-refractivity contribution is 5.78. The van der Waals surface area contributed by atoms with Crippen LogP contribution in [-0.2, 0) is 11.3 Å². The van der Waals surface area contributed by atoms with Gasteiger partial charge in [0.25, 0.3) is 0 Å². The minimum atomic E-state index is 0.281. The van der Waals surface area contributed by atoms with Gasteiger partial charge in [-0.05, 0) is 18.6 Å². The number of benzene rings is 1. The topological polar surface area (TPSA) is 47.8 Å². The lowest BCUT2D eigenvalue weighted by Gasteiger charge is -1.97. The Labute approximate surface area is 94.3 Å². The molecular weight excluding hydrogens is 202 g/mol. The second-order valence-corrected chi connectivity index (χ2v) is 3.82. The van der Waals surface area contributed by atoms with E-state index in [1.165, 1.54) is 0 Å². The van der Waals surface area contributed by atoms with Crippen molar-refractivity contribution in [3.8, 4) is 0 Å². The largest absolute Gasteiger partial charge is 0.300 e. The molecule has 2 aromatic rings. The van der Waals surface area contributed by atoms with E-state index in [1.807, 2.05) is 31.2 Å². The third-order valence-corrected chi connectivity index (χ3v) is 2.45. The average Bonchev–Trinajstić information content (AvgIpc) is 2.69. The summed E-state index contributed by atoms with van der Waals surface area (Å²) in [4.78, 5) is 13.0. The van der Waals surface area contributed by atoms with E-state index < -0.39 is 0 Å². The van der Waals surface area contributed by atoms with Crippen LogP contribution >= 0.6 is 0 Å². The van der Waals surface area contributed by atoms with Gasteiger partial charge in [0.2, 0.25) is 0 Å². The van der Waals surface area contributed by atoms with Gasteiger partial charge in [0, 0.05) is 12.8 Å². The molecule has 1 aromatic heterocycles. The average molecular weight is 217 g/mol. The molecule has 16 heavy (non-hydrogen) atoms. The number of aryl methyl sites for hydroxylation is 1. The van der Waals surface area contributed by atoms with Gasteiger partial charge in [0.05, 0.1) is 6.54 Å². The lowest BCUT2D eigenvalue weighted by Crippen LogP contribution is -2.07. The van der Waals surface area contributed by atoms with E-state index in [0.29, 0.717) is 19.4 Å². The van der Waals surface area contributed by atoms with Gasteiger partial charge < -0.3 is 0 Å². The Bertz CT molecular complexity index is 457. The van der Waals surface area contributed by atoms with Crippen LogP contribution in [0.15, 0.2) is 24.3 Å². The van der Waals surface area contributed by atoms with E-state index in [2.05, 4.69) is 10.2 Å². The Morgan fingerprint density at radius 1 is 1.19 bits per heavy atom. The Morgan fingerprint density at radius 2 is 1.81 bits per heavy atom. The van der Waals surface area contributed by atoms with Crippen molar-refractivity contribution in [3.63, 3.8) is 0 Å². The molecule has 0 unspecified atom stereocenters. The van der Waals surface area contributed by atoms with E-state index in [9.17, 15) is 4.79 Å². The summed E-state index contributed by atoms with van der Waals surface area (Å²) in [5, 5.41) is 8.60. The van der Waals surface area contributed by atoms with Crippen molar-refractivity contribution in [2.75, 3.05) is 0 Å².